The lowest BCUT2D eigenvalue weighted by Gasteiger charge is -2.36. The highest BCUT2D eigenvalue weighted by atomic mass is 35.5. The second kappa shape index (κ2) is 7.90. The first-order valence-electron chi connectivity index (χ1n) is 9.71. The van der Waals surface area contributed by atoms with Crippen molar-refractivity contribution >= 4 is 29.1 Å². The van der Waals surface area contributed by atoms with Gasteiger partial charge in [-0.1, -0.05) is 48.5 Å². The summed E-state index contributed by atoms with van der Waals surface area (Å²) in [5.74, 6) is 0.762. The van der Waals surface area contributed by atoms with Crippen molar-refractivity contribution in [1.29, 1.82) is 0 Å². The van der Waals surface area contributed by atoms with Crippen molar-refractivity contribution in [2.24, 2.45) is 5.92 Å². The predicted molar refractivity (Wildman–Crippen MR) is 114 cm³/mol. The third-order valence-electron chi connectivity index (χ3n) is 5.90. The van der Waals surface area contributed by atoms with Gasteiger partial charge >= 0.3 is 0 Å². The van der Waals surface area contributed by atoms with Gasteiger partial charge in [-0.2, -0.15) is 0 Å². The molecule has 1 N–H and O–H groups in total. The fourth-order valence-corrected chi connectivity index (χ4v) is 4.33. The summed E-state index contributed by atoms with van der Waals surface area (Å²) in [6.07, 6.45) is 4.62. The fraction of sp³-hybridized carbons (Fsp3) is 0.304. The summed E-state index contributed by atoms with van der Waals surface area (Å²) < 4.78 is 0. The Bertz CT molecular complexity index is 978. The van der Waals surface area contributed by atoms with E-state index in [1.54, 1.807) is 6.20 Å². The monoisotopic (exact) mass is 393 g/mol. The SMILES string of the molecule is Cl.O=C(C1CC1c1ccc2ccccc2c1)N1CCNCC1c1cccnc1. The maximum absolute atomic E-state index is 13.3. The second-order valence-electron chi connectivity index (χ2n) is 7.59. The van der Waals surface area contributed by atoms with Crippen LogP contribution >= 0.6 is 12.4 Å². The molecule has 0 spiro atoms. The Morgan fingerprint density at radius 1 is 1.04 bits per heavy atom. The third kappa shape index (κ3) is 3.50. The number of rotatable bonds is 3. The largest absolute Gasteiger partial charge is 0.333 e. The van der Waals surface area contributed by atoms with Gasteiger partial charge in [-0.25, -0.2) is 0 Å². The number of carbonyl (C=O) groups excluding carboxylic acids is 1. The van der Waals surface area contributed by atoms with Crippen LogP contribution in [0.4, 0.5) is 0 Å². The van der Waals surface area contributed by atoms with Gasteiger partial charge in [-0.15, -0.1) is 12.4 Å². The number of hydrogen-bond donors (Lipinski definition) is 1. The number of nitrogens with zero attached hydrogens (tertiary/aromatic N) is 2. The molecule has 0 bridgehead atoms. The van der Waals surface area contributed by atoms with Crippen LogP contribution in [0.25, 0.3) is 10.8 Å². The van der Waals surface area contributed by atoms with Crippen LogP contribution in [0.15, 0.2) is 67.0 Å². The molecule has 5 heteroatoms. The standard InChI is InChI=1S/C23H23N3O.ClH/c27-23(26-11-10-25-15-22(26)19-6-3-9-24-14-19)21-13-20(21)18-8-7-16-4-1-2-5-17(16)12-18;/h1-9,12,14,20-22,25H,10-11,13,15H2;1H. The van der Waals surface area contributed by atoms with Crippen LogP contribution in [0.3, 0.4) is 0 Å². The number of aromatic nitrogens is 1. The van der Waals surface area contributed by atoms with Gasteiger partial charge in [0.2, 0.25) is 5.91 Å². The number of pyridine rings is 1. The van der Waals surface area contributed by atoms with Gasteiger partial charge in [0.1, 0.15) is 0 Å². The molecule has 2 aromatic carbocycles. The molecule has 1 aliphatic carbocycles. The summed E-state index contributed by atoms with van der Waals surface area (Å²) in [6, 6.07) is 19.1. The van der Waals surface area contributed by atoms with Gasteiger partial charge in [-0.3, -0.25) is 9.78 Å². The van der Waals surface area contributed by atoms with Crippen molar-refractivity contribution in [3.8, 4) is 0 Å². The number of carbonyl (C=O) groups is 1. The Hall–Kier alpha value is -2.43. The van der Waals surface area contributed by atoms with E-state index >= 15 is 0 Å². The molecule has 28 heavy (non-hydrogen) atoms. The first kappa shape index (κ1) is 18.9. The van der Waals surface area contributed by atoms with E-state index in [9.17, 15) is 4.79 Å². The molecule has 3 atom stereocenters. The lowest BCUT2D eigenvalue weighted by atomic mass is 10.0. The molecule has 2 aliphatic rings. The Morgan fingerprint density at radius 2 is 1.89 bits per heavy atom. The lowest BCUT2D eigenvalue weighted by molar-refractivity contribution is -0.136. The van der Waals surface area contributed by atoms with E-state index in [4.69, 9.17) is 0 Å². The topological polar surface area (TPSA) is 45.2 Å². The van der Waals surface area contributed by atoms with E-state index in [0.717, 1.165) is 31.6 Å². The molecule has 1 saturated carbocycles. The summed E-state index contributed by atoms with van der Waals surface area (Å²) >= 11 is 0. The Balaban J connectivity index is 0.00000192. The van der Waals surface area contributed by atoms with Gasteiger partial charge in [0, 0.05) is 37.9 Å². The smallest absolute Gasteiger partial charge is 0.226 e. The summed E-state index contributed by atoms with van der Waals surface area (Å²) in [5.41, 5.74) is 2.40. The number of benzene rings is 2. The van der Waals surface area contributed by atoms with E-state index in [1.807, 2.05) is 12.3 Å². The van der Waals surface area contributed by atoms with E-state index < -0.39 is 0 Å². The normalized spacial score (nSPS) is 23.9. The Morgan fingerprint density at radius 3 is 2.71 bits per heavy atom. The minimum absolute atomic E-state index is 0. The van der Waals surface area contributed by atoms with Crippen LogP contribution in [0.5, 0.6) is 0 Å². The second-order valence-corrected chi connectivity index (χ2v) is 7.59. The highest BCUT2D eigenvalue weighted by molar-refractivity contribution is 5.86. The fourth-order valence-electron chi connectivity index (χ4n) is 4.33. The van der Waals surface area contributed by atoms with Gasteiger partial charge in [0.25, 0.3) is 0 Å². The molecule has 0 radical (unpaired) electrons. The van der Waals surface area contributed by atoms with Crippen LogP contribution in [0, 0.1) is 5.92 Å². The molecule has 1 amide bonds. The highest BCUT2D eigenvalue weighted by Gasteiger charge is 2.47. The highest BCUT2D eigenvalue weighted by Crippen LogP contribution is 2.49. The minimum Gasteiger partial charge on any atom is -0.333 e. The van der Waals surface area contributed by atoms with E-state index in [0.29, 0.717) is 11.8 Å². The van der Waals surface area contributed by atoms with Crippen molar-refractivity contribution in [3.05, 3.63) is 78.1 Å². The number of piperazine rings is 1. The molecule has 1 aliphatic heterocycles. The quantitative estimate of drug-likeness (QED) is 0.733. The average Bonchev–Trinajstić information content (AvgIpc) is 3.54. The molecule has 5 rings (SSSR count). The average molecular weight is 394 g/mol. The molecule has 2 fully saturated rings. The number of amides is 1. The van der Waals surface area contributed by atoms with Gasteiger partial charge in [0.05, 0.1) is 6.04 Å². The van der Waals surface area contributed by atoms with Crippen LogP contribution in [0.2, 0.25) is 0 Å². The van der Waals surface area contributed by atoms with Crippen molar-refractivity contribution in [2.45, 2.75) is 18.4 Å². The van der Waals surface area contributed by atoms with Gasteiger partial charge < -0.3 is 10.2 Å². The molecule has 1 aromatic heterocycles. The maximum atomic E-state index is 13.3. The van der Waals surface area contributed by atoms with Crippen molar-refractivity contribution in [2.75, 3.05) is 19.6 Å². The van der Waals surface area contributed by atoms with Crippen LogP contribution in [-0.4, -0.2) is 35.4 Å². The van der Waals surface area contributed by atoms with E-state index in [2.05, 4.69) is 63.7 Å². The molecular weight excluding hydrogens is 370 g/mol. The molecule has 2 heterocycles. The summed E-state index contributed by atoms with van der Waals surface area (Å²) in [5, 5.41) is 5.93. The van der Waals surface area contributed by atoms with Crippen LogP contribution in [-0.2, 0) is 4.79 Å². The molecular formula is C23H24ClN3O. The van der Waals surface area contributed by atoms with Crippen molar-refractivity contribution in [3.63, 3.8) is 0 Å². The molecule has 1 saturated heterocycles. The zero-order chi connectivity index (χ0) is 18.2. The summed E-state index contributed by atoms with van der Waals surface area (Å²) in [6.45, 7) is 2.42. The zero-order valence-corrected chi connectivity index (χ0v) is 16.4. The lowest BCUT2D eigenvalue weighted by Crippen LogP contribution is -2.49. The molecule has 3 unspecified atom stereocenters. The third-order valence-corrected chi connectivity index (χ3v) is 5.90. The maximum Gasteiger partial charge on any atom is 0.226 e. The first-order valence-corrected chi connectivity index (χ1v) is 9.71. The Labute approximate surface area is 171 Å². The van der Waals surface area contributed by atoms with Crippen molar-refractivity contribution in [1.82, 2.24) is 15.2 Å². The summed E-state index contributed by atoms with van der Waals surface area (Å²) in [4.78, 5) is 19.6. The number of nitrogens with one attached hydrogen (secondary N) is 1. The summed E-state index contributed by atoms with van der Waals surface area (Å²) in [7, 11) is 0. The Kier molecular flexibility index (Phi) is 5.33. The first-order chi connectivity index (χ1) is 13.3. The van der Waals surface area contributed by atoms with Crippen LogP contribution < -0.4 is 5.32 Å². The molecule has 3 aromatic rings. The molecule has 144 valence electrons. The van der Waals surface area contributed by atoms with E-state index in [-0.39, 0.29) is 24.4 Å². The predicted octanol–water partition coefficient (Wildman–Crippen LogP) is 3.93. The number of halogens is 1. The van der Waals surface area contributed by atoms with E-state index in [1.165, 1.54) is 16.3 Å². The molecule has 4 nitrogen and oxygen atoms in total. The zero-order valence-electron chi connectivity index (χ0n) is 15.6. The minimum atomic E-state index is 0. The number of fused-ring (bicyclic) bond motifs is 1. The van der Waals surface area contributed by atoms with Crippen LogP contribution in [0.1, 0.15) is 29.5 Å². The van der Waals surface area contributed by atoms with Gasteiger partial charge in [0.15, 0.2) is 0 Å². The van der Waals surface area contributed by atoms with Crippen molar-refractivity contribution < 1.29 is 4.79 Å². The van der Waals surface area contributed by atoms with Gasteiger partial charge in [-0.05, 0) is 40.3 Å². The number of hydrogen-bond acceptors (Lipinski definition) is 3.